The Morgan fingerprint density at radius 1 is 1.44 bits per heavy atom. The van der Waals surface area contributed by atoms with Gasteiger partial charge in [-0.3, -0.25) is 0 Å². The number of thiazole rings is 1. The molecule has 0 saturated heterocycles. The van der Waals surface area contributed by atoms with E-state index in [-0.39, 0.29) is 0 Å². The Hall–Kier alpha value is -0.900. The average Bonchev–Trinajstić information content (AvgIpc) is 2.83. The summed E-state index contributed by atoms with van der Waals surface area (Å²) in [6, 6.07) is 0. The molecule has 1 aromatic heterocycles. The number of aromatic carboxylic acids is 1. The van der Waals surface area contributed by atoms with Crippen LogP contribution in [0.5, 0.6) is 0 Å². The first-order chi connectivity index (χ1) is 8.65. The van der Waals surface area contributed by atoms with Crippen molar-refractivity contribution in [1.82, 2.24) is 4.98 Å². The van der Waals surface area contributed by atoms with Crippen molar-refractivity contribution in [3.63, 3.8) is 0 Å². The molecule has 3 nitrogen and oxygen atoms in total. The molecule has 1 N–H and O–H groups in total. The lowest BCUT2D eigenvalue weighted by Gasteiger charge is -2.26. The molecule has 1 heterocycles. The van der Waals surface area contributed by atoms with Gasteiger partial charge in [0.25, 0.3) is 0 Å². The monoisotopic (exact) mass is 267 g/mol. The molecule has 1 aliphatic carbocycles. The zero-order valence-electron chi connectivity index (χ0n) is 11.1. The summed E-state index contributed by atoms with van der Waals surface area (Å²) in [6.07, 6.45) is 6.88. The zero-order valence-corrected chi connectivity index (χ0v) is 11.9. The summed E-state index contributed by atoms with van der Waals surface area (Å²) in [7, 11) is 0. The maximum atomic E-state index is 11.2. The number of carboxylic acids is 1. The van der Waals surface area contributed by atoms with Gasteiger partial charge in [0.05, 0.1) is 10.7 Å². The number of nitrogens with zero attached hydrogens (tertiary/aromatic N) is 1. The van der Waals surface area contributed by atoms with Crippen LogP contribution in [0.2, 0.25) is 0 Å². The Bertz CT molecular complexity index is 427. The molecule has 1 aromatic rings. The van der Waals surface area contributed by atoms with E-state index < -0.39 is 5.97 Å². The molecule has 4 heteroatoms. The number of carboxylic acid groups (broad SMARTS) is 1. The number of aryl methyl sites for hydroxylation is 1. The highest BCUT2D eigenvalue weighted by atomic mass is 32.1. The van der Waals surface area contributed by atoms with E-state index in [4.69, 9.17) is 0 Å². The summed E-state index contributed by atoms with van der Waals surface area (Å²) in [6.45, 7) is 4.22. The van der Waals surface area contributed by atoms with Crippen molar-refractivity contribution in [2.24, 2.45) is 5.92 Å². The van der Waals surface area contributed by atoms with Gasteiger partial charge < -0.3 is 5.11 Å². The van der Waals surface area contributed by atoms with Crippen molar-refractivity contribution < 1.29 is 9.90 Å². The molecule has 100 valence electrons. The second-order valence-corrected chi connectivity index (χ2v) is 6.16. The number of rotatable bonds is 4. The van der Waals surface area contributed by atoms with Gasteiger partial charge in [-0.2, -0.15) is 0 Å². The minimum atomic E-state index is -0.821. The van der Waals surface area contributed by atoms with Crippen LogP contribution in [0.4, 0.5) is 0 Å². The van der Waals surface area contributed by atoms with Crippen molar-refractivity contribution in [3.05, 3.63) is 15.6 Å². The SMILES string of the molecule is CCc1nc(C2CCCC(CC)C2)sc1C(=O)O. The average molecular weight is 267 g/mol. The van der Waals surface area contributed by atoms with Gasteiger partial charge in [0.1, 0.15) is 4.88 Å². The molecule has 2 unspecified atom stereocenters. The quantitative estimate of drug-likeness (QED) is 0.894. The number of aromatic nitrogens is 1. The van der Waals surface area contributed by atoms with Gasteiger partial charge in [0.15, 0.2) is 0 Å². The fourth-order valence-corrected chi connectivity index (χ4v) is 3.98. The van der Waals surface area contributed by atoms with Crippen LogP contribution in [-0.4, -0.2) is 16.1 Å². The molecule has 2 rings (SSSR count). The van der Waals surface area contributed by atoms with E-state index in [1.165, 1.54) is 43.4 Å². The van der Waals surface area contributed by atoms with Gasteiger partial charge in [-0.05, 0) is 25.2 Å². The van der Waals surface area contributed by atoms with Crippen LogP contribution < -0.4 is 0 Å². The molecule has 0 aromatic carbocycles. The van der Waals surface area contributed by atoms with E-state index in [1.807, 2.05) is 6.92 Å². The first-order valence-corrected chi connectivity index (χ1v) is 7.70. The highest BCUT2D eigenvalue weighted by Gasteiger charge is 2.26. The predicted molar refractivity (Wildman–Crippen MR) is 73.4 cm³/mol. The topological polar surface area (TPSA) is 50.2 Å². The molecule has 1 saturated carbocycles. The predicted octanol–water partition coefficient (Wildman–Crippen LogP) is 4.09. The minimum Gasteiger partial charge on any atom is -0.477 e. The van der Waals surface area contributed by atoms with Gasteiger partial charge in [-0.25, -0.2) is 9.78 Å². The summed E-state index contributed by atoms with van der Waals surface area (Å²) in [5, 5.41) is 10.2. The van der Waals surface area contributed by atoms with Crippen LogP contribution in [0.1, 0.15) is 72.2 Å². The van der Waals surface area contributed by atoms with Crippen LogP contribution in [0.25, 0.3) is 0 Å². The van der Waals surface area contributed by atoms with Crippen molar-refractivity contribution in [2.45, 2.75) is 58.3 Å². The number of carbonyl (C=O) groups is 1. The van der Waals surface area contributed by atoms with E-state index in [0.29, 0.717) is 17.2 Å². The number of hydrogen-bond donors (Lipinski definition) is 1. The second kappa shape index (κ2) is 5.83. The summed E-state index contributed by atoms with van der Waals surface area (Å²) >= 11 is 1.40. The summed E-state index contributed by atoms with van der Waals surface area (Å²) < 4.78 is 0. The molecule has 0 radical (unpaired) electrons. The van der Waals surface area contributed by atoms with Crippen molar-refractivity contribution >= 4 is 17.3 Å². The van der Waals surface area contributed by atoms with Gasteiger partial charge in [0, 0.05) is 5.92 Å². The Morgan fingerprint density at radius 2 is 2.22 bits per heavy atom. The van der Waals surface area contributed by atoms with Crippen LogP contribution in [0.3, 0.4) is 0 Å². The fourth-order valence-electron chi connectivity index (χ4n) is 2.84. The van der Waals surface area contributed by atoms with Gasteiger partial charge >= 0.3 is 5.97 Å². The Kier molecular flexibility index (Phi) is 4.38. The molecule has 1 fully saturated rings. The molecule has 0 bridgehead atoms. The van der Waals surface area contributed by atoms with Crippen LogP contribution in [-0.2, 0) is 6.42 Å². The van der Waals surface area contributed by atoms with E-state index in [1.54, 1.807) is 0 Å². The Labute approximate surface area is 112 Å². The van der Waals surface area contributed by atoms with E-state index in [2.05, 4.69) is 11.9 Å². The molecule has 0 amide bonds. The van der Waals surface area contributed by atoms with E-state index in [0.717, 1.165) is 16.6 Å². The fraction of sp³-hybridized carbons (Fsp3) is 0.714. The molecule has 18 heavy (non-hydrogen) atoms. The summed E-state index contributed by atoms with van der Waals surface area (Å²) in [5.74, 6) is 0.469. The summed E-state index contributed by atoms with van der Waals surface area (Å²) in [4.78, 5) is 16.2. The molecular weight excluding hydrogens is 246 g/mol. The molecule has 0 aliphatic heterocycles. The largest absolute Gasteiger partial charge is 0.477 e. The van der Waals surface area contributed by atoms with Gasteiger partial charge in [0.2, 0.25) is 0 Å². The van der Waals surface area contributed by atoms with Gasteiger partial charge in [-0.1, -0.05) is 33.1 Å². The first kappa shape index (κ1) is 13.5. The molecule has 0 spiro atoms. The van der Waals surface area contributed by atoms with E-state index >= 15 is 0 Å². The van der Waals surface area contributed by atoms with Crippen LogP contribution >= 0.6 is 11.3 Å². The molecule has 2 atom stereocenters. The zero-order chi connectivity index (χ0) is 13.1. The highest BCUT2D eigenvalue weighted by molar-refractivity contribution is 7.13. The standard InChI is InChI=1S/C14H21NO2S/c1-3-9-6-5-7-10(8-9)13-15-11(4-2)12(18-13)14(16)17/h9-10H,3-8H2,1-2H3,(H,16,17). The Balaban J connectivity index is 2.20. The maximum absolute atomic E-state index is 11.2. The molecular formula is C14H21NO2S. The second-order valence-electron chi connectivity index (χ2n) is 5.12. The normalized spacial score (nSPS) is 24.1. The smallest absolute Gasteiger partial charge is 0.347 e. The van der Waals surface area contributed by atoms with Crippen LogP contribution in [0, 0.1) is 5.92 Å². The number of hydrogen-bond acceptors (Lipinski definition) is 3. The third-order valence-electron chi connectivity index (χ3n) is 3.95. The lowest BCUT2D eigenvalue weighted by Crippen LogP contribution is -2.13. The van der Waals surface area contributed by atoms with Crippen LogP contribution in [0.15, 0.2) is 0 Å². The maximum Gasteiger partial charge on any atom is 0.347 e. The van der Waals surface area contributed by atoms with Crippen molar-refractivity contribution in [2.75, 3.05) is 0 Å². The molecule has 1 aliphatic rings. The Morgan fingerprint density at radius 3 is 2.78 bits per heavy atom. The van der Waals surface area contributed by atoms with Gasteiger partial charge in [-0.15, -0.1) is 11.3 Å². The highest BCUT2D eigenvalue weighted by Crippen LogP contribution is 2.39. The third-order valence-corrected chi connectivity index (χ3v) is 5.20. The lowest BCUT2D eigenvalue weighted by molar-refractivity contribution is 0.0701. The third kappa shape index (κ3) is 2.74. The van der Waals surface area contributed by atoms with Crippen molar-refractivity contribution in [3.8, 4) is 0 Å². The lowest BCUT2D eigenvalue weighted by atomic mass is 9.80. The van der Waals surface area contributed by atoms with Crippen molar-refractivity contribution in [1.29, 1.82) is 0 Å². The minimum absolute atomic E-state index is 0.450. The first-order valence-electron chi connectivity index (χ1n) is 6.88. The van der Waals surface area contributed by atoms with E-state index in [9.17, 15) is 9.90 Å². The summed E-state index contributed by atoms with van der Waals surface area (Å²) in [5.41, 5.74) is 0.765.